The van der Waals surface area contributed by atoms with Crippen molar-refractivity contribution in [1.82, 2.24) is 5.32 Å². The summed E-state index contributed by atoms with van der Waals surface area (Å²) in [6.07, 6.45) is 6.80. The van der Waals surface area contributed by atoms with Crippen LogP contribution in [0.2, 0.25) is 0 Å². The SMILES string of the molecule is C=CCC(CCCS(C)(=O)=O)NCCC. The van der Waals surface area contributed by atoms with Crippen molar-refractivity contribution in [3.8, 4) is 0 Å². The molecule has 3 nitrogen and oxygen atoms in total. The molecule has 0 bridgehead atoms. The van der Waals surface area contributed by atoms with Crippen molar-refractivity contribution in [2.75, 3.05) is 18.6 Å². The van der Waals surface area contributed by atoms with Crippen molar-refractivity contribution in [2.24, 2.45) is 0 Å². The van der Waals surface area contributed by atoms with Gasteiger partial charge in [0, 0.05) is 18.1 Å². The molecule has 0 spiro atoms. The van der Waals surface area contributed by atoms with E-state index in [-0.39, 0.29) is 5.75 Å². The number of sulfone groups is 1. The van der Waals surface area contributed by atoms with E-state index < -0.39 is 9.84 Å². The first-order chi connectivity index (χ1) is 6.99. The van der Waals surface area contributed by atoms with E-state index in [1.165, 1.54) is 6.26 Å². The Balaban J connectivity index is 3.79. The van der Waals surface area contributed by atoms with Crippen molar-refractivity contribution in [1.29, 1.82) is 0 Å². The summed E-state index contributed by atoms with van der Waals surface area (Å²) in [5.41, 5.74) is 0. The number of hydrogen-bond acceptors (Lipinski definition) is 3. The van der Waals surface area contributed by atoms with Crippen LogP contribution in [0.3, 0.4) is 0 Å². The summed E-state index contributed by atoms with van der Waals surface area (Å²) < 4.78 is 21.9. The zero-order chi connectivity index (χ0) is 11.7. The lowest BCUT2D eigenvalue weighted by Crippen LogP contribution is -2.29. The van der Waals surface area contributed by atoms with Crippen LogP contribution in [0, 0.1) is 0 Å². The molecule has 0 aromatic heterocycles. The molecule has 0 heterocycles. The maximum Gasteiger partial charge on any atom is 0.147 e. The normalized spacial score (nSPS) is 13.7. The highest BCUT2D eigenvalue weighted by Gasteiger charge is 2.08. The largest absolute Gasteiger partial charge is 0.314 e. The Morgan fingerprint density at radius 1 is 1.47 bits per heavy atom. The van der Waals surface area contributed by atoms with E-state index >= 15 is 0 Å². The Bertz CT molecular complexity index is 260. The van der Waals surface area contributed by atoms with Crippen molar-refractivity contribution >= 4 is 9.84 Å². The van der Waals surface area contributed by atoms with Crippen molar-refractivity contribution in [3.05, 3.63) is 12.7 Å². The molecule has 1 unspecified atom stereocenters. The third-order valence-corrected chi connectivity index (χ3v) is 3.23. The average molecular weight is 233 g/mol. The van der Waals surface area contributed by atoms with Crippen LogP contribution in [0.1, 0.15) is 32.6 Å². The zero-order valence-electron chi connectivity index (χ0n) is 9.83. The summed E-state index contributed by atoms with van der Waals surface area (Å²) in [7, 11) is -2.81. The summed E-state index contributed by atoms with van der Waals surface area (Å²) in [6, 6.07) is 0.379. The topological polar surface area (TPSA) is 46.2 Å². The standard InChI is InChI=1S/C11H23NO2S/c1-4-7-11(12-9-5-2)8-6-10-15(3,13)14/h4,11-12H,1,5-10H2,2-3H3. The molecule has 0 fully saturated rings. The van der Waals surface area contributed by atoms with Gasteiger partial charge in [-0.25, -0.2) is 8.42 Å². The second-order valence-electron chi connectivity index (χ2n) is 3.95. The van der Waals surface area contributed by atoms with Gasteiger partial charge in [0.15, 0.2) is 0 Å². The lowest BCUT2D eigenvalue weighted by Gasteiger charge is -2.16. The summed E-state index contributed by atoms with van der Waals surface area (Å²) >= 11 is 0. The fourth-order valence-corrected chi connectivity index (χ4v) is 2.14. The Hall–Kier alpha value is -0.350. The quantitative estimate of drug-likeness (QED) is 0.617. The van der Waals surface area contributed by atoms with E-state index in [2.05, 4.69) is 18.8 Å². The Labute approximate surface area is 93.9 Å². The van der Waals surface area contributed by atoms with Gasteiger partial charge >= 0.3 is 0 Å². The lowest BCUT2D eigenvalue weighted by molar-refractivity contribution is 0.478. The first-order valence-corrected chi connectivity index (χ1v) is 7.57. The molecule has 0 aliphatic rings. The second-order valence-corrected chi connectivity index (χ2v) is 6.21. The van der Waals surface area contributed by atoms with Crippen LogP contribution in [0.15, 0.2) is 12.7 Å². The fourth-order valence-electron chi connectivity index (χ4n) is 1.44. The molecule has 1 N–H and O–H groups in total. The molecule has 0 radical (unpaired) electrons. The fraction of sp³-hybridized carbons (Fsp3) is 0.818. The minimum absolute atomic E-state index is 0.286. The molecule has 0 amide bonds. The smallest absolute Gasteiger partial charge is 0.147 e. The molecule has 0 aliphatic carbocycles. The van der Waals surface area contributed by atoms with Crippen LogP contribution >= 0.6 is 0 Å². The highest BCUT2D eigenvalue weighted by molar-refractivity contribution is 7.90. The molecular formula is C11H23NO2S. The summed E-state index contributed by atoms with van der Waals surface area (Å²) in [4.78, 5) is 0. The maximum absolute atomic E-state index is 10.9. The molecular weight excluding hydrogens is 210 g/mol. The first-order valence-electron chi connectivity index (χ1n) is 5.51. The third-order valence-electron chi connectivity index (χ3n) is 2.20. The third kappa shape index (κ3) is 9.94. The predicted molar refractivity (Wildman–Crippen MR) is 65.8 cm³/mol. The number of hydrogen-bond donors (Lipinski definition) is 1. The maximum atomic E-state index is 10.9. The molecule has 1 atom stereocenters. The Morgan fingerprint density at radius 2 is 2.13 bits per heavy atom. The van der Waals surface area contributed by atoms with Gasteiger partial charge in [-0.05, 0) is 32.2 Å². The van der Waals surface area contributed by atoms with Gasteiger partial charge in [0.1, 0.15) is 9.84 Å². The van der Waals surface area contributed by atoms with Gasteiger partial charge in [-0.3, -0.25) is 0 Å². The summed E-state index contributed by atoms with van der Waals surface area (Å²) in [5.74, 6) is 0.286. The molecule has 0 aromatic rings. The highest BCUT2D eigenvalue weighted by Crippen LogP contribution is 2.04. The van der Waals surface area contributed by atoms with Gasteiger partial charge in [0.2, 0.25) is 0 Å². The van der Waals surface area contributed by atoms with Crippen LogP contribution in [0.4, 0.5) is 0 Å². The van der Waals surface area contributed by atoms with Gasteiger partial charge in [0.05, 0.1) is 0 Å². The van der Waals surface area contributed by atoms with E-state index in [9.17, 15) is 8.42 Å². The number of rotatable bonds is 9. The average Bonchev–Trinajstić information content (AvgIpc) is 2.12. The first kappa shape index (κ1) is 14.6. The second kappa shape index (κ2) is 7.88. The zero-order valence-corrected chi connectivity index (χ0v) is 10.6. The van der Waals surface area contributed by atoms with Crippen LogP contribution in [0.25, 0.3) is 0 Å². The van der Waals surface area contributed by atoms with Crippen molar-refractivity contribution < 1.29 is 8.42 Å². The summed E-state index contributed by atoms with van der Waals surface area (Å²) in [5, 5.41) is 3.39. The molecule has 0 rings (SSSR count). The molecule has 4 heteroatoms. The predicted octanol–water partition coefficient (Wildman–Crippen LogP) is 1.76. The van der Waals surface area contributed by atoms with E-state index in [4.69, 9.17) is 0 Å². The molecule has 90 valence electrons. The Kier molecular flexibility index (Phi) is 7.70. The molecule has 15 heavy (non-hydrogen) atoms. The van der Waals surface area contributed by atoms with Crippen molar-refractivity contribution in [2.45, 2.75) is 38.6 Å². The Morgan fingerprint density at radius 3 is 2.60 bits per heavy atom. The van der Waals surface area contributed by atoms with Gasteiger partial charge in [0.25, 0.3) is 0 Å². The number of nitrogens with one attached hydrogen (secondary N) is 1. The lowest BCUT2D eigenvalue weighted by atomic mass is 10.1. The van der Waals surface area contributed by atoms with E-state index in [1.54, 1.807) is 0 Å². The van der Waals surface area contributed by atoms with E-state index in [1.807, 2.05) is 6.08 Å². The van der Waals surface area contributed by atoms with Gasteiger partial charge in [-0.15, -0.1) is 6.58 Å². The molecule has 0 saturated heterocycles. The highest BCUT2D eigenvalue weighted by atomic mass is 32.2. The van der Waals surface area contributed by atoms with Crippen LogP contribution < -0.4 is 5.32 Å². The molecule has 0 aliphatic heterocycles. The minimum atomic E-state index is -2.81. The van der Waals surface area contributed by atoms with Gasteiger partial charge < -0.3 is 5.32 Å². The van der Waals surface area contributed by atoms with Gasteiger partial charge in [-0.1, -0.05) is 13.0 Å². The summed E-state index contributed by atoms with van der Waals surface area (Å²) in [6.45, 7) is 6.81. The van der Waals surface area contributed by atoms with E-state index in [0.29, 0.717) is 6.04 Å². The van der Waals surface area contributed by atoms with Gasteiger partial charge in [-0.2, -0.15) is 0 Å². The van der Waals surface area contributed by atoms with E-state index in [0.717, 1.165) is 32.2 Å². The minimum Gasteiger partial charge on any atom is -0.314 e. The molecule has 0 aromatic carbocycles. The van der Waals surface area contributed by atoms with Crippen LogP contribution in [-0.2, 0) is 9.84 Å². The molecule has 0 saturated carbocycles. The van der Waals surface area contributed by atoms with Crippen molar-refractivity contribution in [3.63, 3.8) is 0 Å². The monoisotopic (exact) mass is 233 g/mol. The van der Waals surface area contributed by atoms with Crippen LogP contribution in [-0.4, -0.2) is 33.0 Å². The van der Waals surface area contributed by atoms with Crippen LogP contribution in [0.5, 0.6) is 0 Å².